The third-order valence-corrected chi connectivity index (χ3v) is 15.2. The zero-order valence-corrected chi connectivity index (χ0v) is 49.0. The van der Waals surface area contributed by atoms with Crippen molar-refractivity contribution in [1.29, 1.82) is 0 Å². The fourth-order valence-electron chi connectivity index (χ4n) is 10.3. The maximum absolute atomic E-state index is 14.2. The zero-order chi connectivity index (χ0) is 64.0. The van der Waals surface area contributed by atoms with Gasteiger partial charge in [-0.05, 0) is 62.4 Å². The monoisotopic (exact) mass is 1240 g/mol. The van der Waals surface area contributed by atoms with Crippen LogP contribution in [0.5, 0.6) is 17.2 Å². The van der Waals surface area contributed by atoms with Gasteiger partial charge in [-0.1, -0.05) is 85.4 Å². The molecule has 88 heavy (non-hydrogen) atoms. The van der Waals surface area contributed by atoms with Crippen LogP contribution in [-0.4, -0.2) is 161 Å². The first-order valence-electron chi connectivity index (χ1n) is 28.0. The van der Waals surface area contributed by atoms with Crippen molar-refractivity contribution in [3.8, 4) is 17.2 Å². The molecule has 27 heteroatoms. The highest BCUT2D eigenvalue weighted by Gasteiger charge is 2.50. The number of rotatable bonds is 26. The molecule has 470 valence electrons. The number of phenolic OH excluding ortho intramolecular Hbond substituents is 2. The Morgan fingerprint density at radius 1 is 0.807 bits per heavy atom. The molecular weight excluding hydrogens is 1170 g/mol. The third-order valence-electron chi connectivity index (χ3n) is 14.9. The molecule has 9 atom stereocenters. The number of methoxy groups -OCH3 is 1. The average molecular weight is 1240 g/mol. The van der Waals surface area contributed by atoms with Crippen LogP contribution in [0.2, 0.25) is 5.02 Å². The van der Waals surface area contributed by atoms with E-state index in [9.17, 15) is 68.7 Å². The molecule has 3 aliphatic rings. The van der Waals surface area contributed by atoms with Gasteiger partial charge in [0.15, 0.2) is 17.9 Å². The first-order chi connectivity index (χ1) is 42.0. The summed E-state index contributed by atoms with van der Waals surface area (Å²) in [5.41, 5.74) is -3.46. The minimum atomic E-state index is -2.44. The molecule has 1 aliphatic heterocycles. The van der Waals surface area contributed by atoms with Crippen molar-refractivity contribution in [2.75, 3.05) is 38.8 Å². The molecule has 1 saturated heterocycles. The van der Waals surface area contributed by atoms with Crippen LogP contribution >= 0.6 is 11.6 Å². The van der Waals surface area contributed by atoms with Gasteiger partial charge in [0.1, 0.15) is 73.5 Å². The molecule has 4 aromatic carbocycles. The van der Waals surface area contributed by atoms with Crippen LogP contribution in [0.15, 0.2) is 92.0 Å². The van der Waals surface area contributed by atoms with E-state index in [-0.39, 0.29) is 84.2 Å². The van der Waals surface area contributed by atoms with Gasteiger partial charge >= 0.3 is 18.3 Å². The number of Topliss-reactive ketones (excluding diaryl/α,β-unsaturated/α-hetero) is 1. The molecule has 1 fully saturated rings. The number of alkyl carbamates (subject to hydrolysis) is 3. The van der Waals surface area contributed by atoms with Crippen LogP contribution in [0.1, 0.15) is 106 Å². The van der Waals surface area contributed by atoms with Crippen molar-refractivity contribution in [3.05, 3.63) is 142 Å². The number of ketones is 3. The molecule has 0 radical (unpaired) electrons. The molecule has 0 saturated carbocycles. The van der Waals surface area contributed by atoms with Gasteiger partial charge in [-0.3, -0.25) is 28.8 Å². The second-order valence-corrected chi connectivity index (χ2v) is 21.4. The highest BCUT2D eigenvalue weighted by molar-refractivity contribution is 6.34. The Kier molecular flexibility index (Phi) is 22.8. The summed E-state index contributed by atoms with van der Waals surface area (Å²) in [5.74, 6) is -6.64. The SMILES string of the molecule is C=CCOC(=O)NCCCC[C@H](NC(=O)[C@H](Cc1ccccc1)NC(=O)[C@@H](C)NC(=O)OCC=C)C(=O)Nc1ccc(COC(=O)N[C@H]2C[C@H](O[C@H]3C[C@](O)(C(=O)CO)Cc4c(O)c5c(c(O)c43)C(=O)c3c(OC)cccc3C5=O)O[C@@H](C)[C@H]2O)cc1Cl. The highest BCUT2D eigenvalue weighted by Crippen LogP contribution is 2.52. The Morgan fingerprint density at radius 2 is 1.50 bits per heavy atom. The number of hydrogen-bond donors (Lipinski definition) is 11. The van der Waals surface area contributed by atoms with Crippen LogP contribution in [-0.2, 0) is 62.3 Å². The van der Waals surface area contributed by atoms with Gasteiger partial charge < -0.3 is 85.9 Å². The van der Waals surface area contributed by atoms with E-state index in [1.54, 1.807) is 30.3 Å². The van der Waals surface area contributed by atoms with Gasteiger partial charge in [0, 0.05) is 48.9 Å². The minimum absolute atomic E-state index is 0.00902. The van der Waals surface area contributed by atoms with Gasteiger partial charge in [0.25, 0.3) is 0 Å². The van der Waals surface area contributed by atoms with Crippen molar-refractivity contribution >= 4 is 70.6 Å². The number of phenols is 2. The Balaban J connectivity index is 1.02. The normalized spacial score (nSPS) is 20.1. The van der Waals surface area contributed by atoms with Crippen LogP contribution in [0, 0.1) is 0 Å². The Bertz CT molecular complexity index is 3330. The standard InChI is InChI=1S/C61H69ClN6O20/c1-6-22-84-58(79)63-21-12-11-17-39(66-57(78)41(25-33-14-9-8-10-15-33)67-55(76)31(3)64-59(80)85-23-7-2)56(77)65-38-20-19-34(24-37(38)62)30-86-60(81)68-40-26-45(87-32(4)50(40)71)88-43-28-61(82,44(70)29-69)27-36-47(43)54(75)49-48(52(36)73)51(72)35-16-13-18-42(83-5)46(35)53(49)74/h6-10,13-16,18-20,24,31-32,39-41,43,45,50,69,71,73,75,82H,1-2,11-12,17,21-23,25-30H2,3-5H3,(H,63,79)(H,64,80)(H,65,77)(H,66,78)(H,67,76)(H,68,81)/t31-,32+,39+,40+,41+,43+,45+,50-,61+/m1/s1. The number of unbranched alkanes of at least 4 members (excludes halogenated alkanes) is 1. The number of nitrogens with one attached hydrogen (secondary N) is 6. The highest BCUT2D eigenvalue weighted by atomic mass is 35.5. The number of carbonyl (C=O) groups excluding carboxylic acids is 9. The van der Waals surface area contributed by atoms with E-state index in [1.165, 1.54) is 69.5 Å². The topological polar surface area (TPSA) is 382 Å². The smallest absolute Gasteiger partial charge is 0.408 e. The summed E-state index contributed by atoms with van der Waals surface area (Å²) in [6.45, 7) is 8.31. The van der Waals surface area contributed by atoms with E-state index in [0.29, 0.717) is 17.5 Å². The number of fused-ring (bicyclic) bond motifs is 3. The molecule has 0 bridgehead atoms. The van der Waals surface area contributed by atoms with Crippen LogP contribution in [0.4, 0.5) is 20.1 Å². The Labute approximate surface area is 509 Å². The molecular formula is C61H69ClN6O20. The van der Waals surface area contributed by atoms with Gasteiger partial charge in [0.2, 0.25) is 23.5 Å². The number of aliphatic hydroxyl groups excluding tert-OH is 2. The van der Waals surface area contributed by atoms with Crippen molar-refractivity contribution in [1.82, 2.24) is 26.6 Å². The number of aliphatic hydroxyl groups is 3. The quantitative estimate of drug-likeness (QED) is 0.0160. The summed E-state index contributed by atoms with van der Waals surface area (Å²) in [5, 5.41) is 72.1. The van der Waals surface area contributed by atoms with E-state index in [1.807, 2.05) is 0 Å². The maximum Gasteiger partial charge on any atom is 0.408 e. The molecule has 26 nitrogen and oxygen atoms in total. The average Bonchev–Trinajstić information content (AvgIpc) is 0.815. The predicted octanol–water partition coefficient (Wildman–Crippen LogP) is 4.16. The largest absolute Gasteiger partial charge is 0.507 e. The van der Waals surface area contributed by atoms with Crippen LogP contribution in [0.25, 0.3) is 0 Å². The fourth-order valence-corrected chi connectivity index (χ4v) is 10.6. The summed E-state index contributed by atoms with van der Waals surface area (Å²) >= 11 is 6.68. The van der Waals surface area contributed by atoms with E-state index in [4.69, 9.17) is 40.0 Å². The molecule has 11 N–H and O–H groups in total. The number of amides is 6. The number of carbonyl (C=O) groups is 9. The summed E-state index contributed by atoms with van der Waals surface area (Å²) in [4.78, 5) is 120. The second-order valence-electron chi connectivity index (χ2n) is 21.0. The number of aromatic hydroxyl groups is 2. The molecule has 0 spiro atoms. The first kappa shape index (κ1) is 66.6. The number of anilines is 1. The minimum Gasteiger partial charge on any atom is -0.507 e. The summed E-state index contributed by atoms with van der Waals surface area (Å²) in [6.07, 6.45) is -6.35. The summed E-state index contributed by atoms with van der Waals surface area (Å²) < 4.78 is 32.9. The third kappa shape index (κ3) is 16.0. The van der Waals surface area contributed by atoms with E-state index in [0.717, 1.165) is 0 Å². The number of ether oxygens (including phenoxy) is 6. The molecule has 7 rings (SSSR count). The van der Waals surface area contributed by atoms with Gasteiger partial charge in [-0.2, -0.15) is 0 Å². The molecule has 0 aromatic heterocycles. The molecule has 4 aromatic rings. The van der Waals surface area contributed by atoms with Crippen LogP contribution in [0.3, 0.4) is 0 Å². The lowest BCUT2D eigenvalue weighted by molar-refractivity contribution is -0.249. The number of hydrogen-bond acceptors (Lipinski definition) is 20. The van der Waals surface area contributed by atoms with Crippen LogP contribution < -0.4 is 36.6 Å². The summed E-state index contributed by atoms with van der Waals surface area (Å²) in [7, 11) is 1.28. The van der Waals surface area contributed by atoms with Gasteiger partial charge in [0.05, 0.1) is 52.8 Å². The Morgan fingerprint density at radius 3 is 2.18 bits per heavy atom. The van der Waals surface area contributed by atoms with Gasteiger partial charge in [-0.25, -0.2) is 14.4 Å². The zero-order valence-electron chi connectivity index (χ0n) is 48.3. The van der Waals surface area contributed by atoms with E-state index >= 15 is 0 Å². The van der Waals surface area contributed by atoms with E-state index < -0.39 is 156 Å². The maximum atomic E-state index is 14.2. The Hall–Kier alpha value is -8.92. The van der Waals surface area contributed by atoms with E-state index in [2.05, 4.69) is 45.1 Å². The van der Waals surface area contributed by atoms with Crippen molar-refractivity contribution < 1.29 is 97.1 Å². The van der Waals surface area contributed by atoms with Crippen molar-refractivity contribution in [2.45, 2.75) is 120 Å². The molecule has 0 unspecified atom stereocenters. The lowest BCUT2D eigenvalue weighted by Gasteiger charge is -2.42. The van der Waals surface area contributed by atoms with Gasteiger partial charge in [-0.15, -0.1) is 0 Å². The summed E-state index contributed by atoms with van der Waals surface area (Å²) in [6, 6.07) is 12.4. The fraction of sp³-hybridized carbons (Fsp3) is 0.393. The lowest BCUT2D eigenvalue weighted by atomic mass is 9.72. The molecule has 6 amide bonds. The first-order valence-corrected chi connectivity index (χ1v) is 28.4. The van der Waals surface area contributed by atoms with Crippen molar-refractivity contribution in [2.24, 2.45) is 0 Å². The predicted molar refractivity (Wildman–Crippen MR) is 313 cm³/mol. The molecule has 1 heterocycles. The van der Waals surface area contributed by atoms with Crippen molar-refractivity contribution in [3.63, 3.8) is 0 Å². The number of halogens is 1. The lowest BCUT2D eigenvalue weighted by Crippen LogP contribution is -2.56. The molecule has 2 aliphatic carbocycles. The second kappa shape index (κ2) is 30.1. The number of benzene rings is 4.